The van der Waals surface area contributed by atoms with Crippen LogP contribution in [0.15, 0.2) is 12.4 Å². The molecule has 1 aromatic heterocycles. The Morgan fingerprint density at radius 2 is 2.33 bits per heavy atom. The molecule has 2 rings (SSSR count). The summed E-state index contributed by atoms with van der Waals surface area (Å²) in [6, 6.07) is 0. The van der Waals surface area contributed by atoms with Gasteiger partial charge < -0.3 is 10.2 Å². The summed E-state index contributed by atoms with van der Waals surface area (Å²) in [7, 11) is 2.20. The lowest BCUT2D eigenvalue weighted by Gasteiger charge is -2.28. The Labute approximate surface area is 91.1 Å². The van der Waals surface area contributed by atoms with Gasteiger partial charge in [-0.15, -0.1) is 0 Å². The Morgan fingerprint density at radius 1 is 1.53 bits per heavy atom. The van der Waals surface area contributed by atoms with Gasteiger partial charge in [0.05, 0.1) is 6.20 Å². The monoisotopic (exact) mass is 208 g/mol. The molecule has 1 aromatic rings. The molecule has 2 N–H and O–H groups in total. The molecule has 4 heteroatoms. The van der Waals surface area contributed by atoms with E-state index in [0.29, 0.717) is 0 Å². The van der Waals surface area contributed by atoms with Crippen LogP contribution >= 0.6 is 0 Å². The molecule has 0 spiro atoms. The second-order valence-corrected chi connectivity index (χ2v) is 4.48. The Kier molecular flexibility index (Phi) is 3.75. The van der Waals surface area contributed by atoms with Crippen molar-refractivity contribution >= 4 is 0 Å². The first-order valence-electron chi connectivity index (χ1n) is 5.71. The number of piperidine rings is 1. The molecule has 1 saturated heterocycles. The maximum atomic E-state index is 3.93. The van der Waals surface area contributed by atoms with Crippen LogP contribution in [0.2, 0.25) is 0 Å². The number of rotatable bonds is 4. The van der Waals surface area contributed by atoms with E-state index in [-0.39, 0.29) is 0 Å². The number of H-pyrrole nitrogens is 1. The summed E-state index contributed by atoms with van der Waals surface area (Å²) in [4.78, 5) is 2.41. The Balaban J connectivity index is 1.62. The number of nitrogens with zero attached hydrogens (tertiary/aromatic N) is 2. The van der Waals surface area contributed by atoms with E-state index >= 15 is 0 Å². The summed E-state index contributed by atoms with van der Waals surface area (Å²) in [5.41, 5.74) is 1.24. The van der Waals surface area contributed by atoms with Gasteiger partial charge in [-0.2, -0.15) is 5.10 Å². The summed E-state index contributed by atoms with van der Waals surface area (Å²) in [6.45, 7) is 4.57. The van der Waals surface area contributed by atoms with Gasteiger partial charge in [0.25, 0.3) is 0 Å². The van der Waals surface area contributed by atoms with Crippen molar-refractivity contribution in [2.75, 3.05) is 26.7 Å². The van der Waals surface area contributed by atoms with E-state index < -0.39 is 0 Å². The zero-order valence-corrected chi connectivity index (χ0v) is 9.37. The van der Waals surface area contributed by atoms with E-state index in [9.17, 15) is 0 Å². The van der Waals surface area contributed by atoms with Crippen molar-refractivity contribution < 1.29 is 0 Å². The van der Waals surface area contributed by atoms with E-state index in [1.807, 2.05) is 12.4 Å². The summed E-state index contributed by atoms with van der Waals surface area (Å²) < 4.78 is 0. The number of aromatic nitrogens is 2. The summed E-state index contributed by atoms with van der Waals surface area (Å²) in [5.74, 6) is 0.855. The van der Waals surface area contributed by atoms with Gasteiger partial charge in [-0.3, -0.25) is 5.10 Å². The minimum absolute atomic E-state index is 0.855. The predicted octanol–water partition coefficient (Wildman–Crippen LogP) is 0.841. The number of hydrogen-bond acceptors (Lipinski definition) is 3. The molecule has 0 aromatic carbocycles. The molecule has 1 fully saturated rings. The average Bonchev–Trinajstić information content (AvgIpc) is 2.74. The van der Waals surface area contributed by atoms with Crippen molar-refractivity contribution in [2.24, 2.45) is 5.92 Å². The first-order chi connectivity index (χ1) is 7.34. The van der Waals surface area contributed by atoms with Crippen LogP contribution in [0.25, 0.3) is 0 Å². The molecule has 0 saturated carbocycles. The van der Waals surface area contributed by atoms with Gasteiger partial charge in [-0.1, -0.05) is 0 Å². The highest BCUT2D eigenvalue weighted by Gasteiger charge is 2.15. The molecule has 0 atom stereocenters. The minimum Gasteiger partial charge on any atom is -0.312 e. The fourth-order valence-electron chi connectivity index (χ4n) is 2.06. The molecule has 1 aliphatic heterocycles. The lowest BCUT2D eigenvalue weighted by atomic mass is 9.97. The molecule has 0 radical (unpaired) electrons. The third-order valence-corrected chi connectivity index (χ3v) is 3.16. The maximum Gasteiger partial charge on any atom is 0.0532 e. The highest BCUT2D eigenvalue weighted by atomic mass is 15.1. The molecule has 0 unspecified atom stereocenters. The van der Waals surface area contributed by atoms with Crippen molar-refractivity contribution in [2.45, 2.75) is 19.4 Å². The summed E-state index contributed by atoms with van der Waals surface area (Å²) in [6.07, 6.45) is 6.48. The highest BCUT2D eigenvalue weighted by Crippen LogP contribution is 2.14. The Bertz CT molecular complexity index is 262. The number of likely N-dealkylation sites (tertiary alicyclic amines) is 1. The van der Waals surface area contributed by atoms with Gasteiger partial charge in [-0.05, 0) is 45.4 Å². The zero-order chi connectivity index (χ0) is 10.5. The molecule has 4 nitrogen and oxygen atoms in total. The standard InChI is InChI=1S/C11H20N4/c1-15-4-2-10(3-5-15)6-12-7-11-8-13-14-9-11/h8-10,12H,2-7H2,1H3,(H,13,14). The lowest BCUT2D eigenvalue weighted by Crippen LogP contribution is -2.34. The lowest BCUT2D eigenvalue weighted by molar-refractivity contribution is 0.216. The van der Waals surface area contributed by atoms with Gasteiger partial charge in [0.15, 0.2) is 0 Å². The van der Waals surface area contributed by atoms with E-state index in [4.69, 9.17) is 0 Å². The van der Waals surface area contributed by atoms with Gasteiger partial charge in [-0.25, -0.2) is 0 Å². The largest absolute Gasteiger partial charge is 0.312 e. The first kappa shape index (κ1) is 10.6. The van der Waals surface area contributed by atoms with Crippen molar-refractivity contribution in [1.82, 2.24) is 20.4 Å². The maximum absolute atomic E-state index is 3.93. The normalized spacial score (nSPS) is 19.5. The van der Waals surface area contributed by atoms with Crippen molar-refractivity contribution in [1.29, 1.82) is 0 Å². The van der Waals surface area contributed by atoms with Gasteiger partial charge in [0.2, 0.25) is 0 Å². The fourth-order valence-corrected chi connectivity index (χ4v) is 2.06. The van der Waals surface area contributed by atoms with Crippen molar-refractivity contribution in [3.8, 4) is 0 Å². The van der Waals surface area contributed by atoms with Crippen molar-refractivity contribution in [3.05, 3.63) is 18.0 Å². The van der Waals surface area contributed by atoms with E-state index in [1.165, 1.54) is 31.5 Å². The average molecular weight is 208 g/mol. The van der Waals surface area contributed by atoms with E-state index in [2.05, 4.69) is 27.5 Å². The van der Waals surface area contributed by atoms with E-state index in [1.54, 1.807) is 0 Å². The topological polar surface area (TPSA) is 44.0 Å². The minimum atomic E-state index is 0.855. The Morgan fingerprint density at radius 3 is 3.00 bits per heavy atom. The van der Waals surface area contributed by atoms with Crippen LogP contribution in [-0.4, -0.2) is 41.8 Å². The molecule has 15 heavy (non-hydrogen) atoms. The molecular formula is C11H20N4. The van der Waals surface area contributed by atoms with Crippen LogP contribution in [0.4, 0.5) is 0 Å². The SMILES string of the molecule is CN1CCC(CNCc2cn[nH]c2)CC1. The highest BCUT2D eigenvalue weighted by molar-refractivity contribution is 5.01. The van der Waals surface area contributed by atoms with Crippen LogP contribution in [0.3, 0.4) is 0 Å². The quantitative estimate of drug-likeness (QED) is 0.770. The van der Waals surface area contributed by atoms with Crippen LogP contribution < -0.4 is 5.32 Å². The molecule has 84 valence electrons. The number of hydrogen-bond donors (Lipinski definition) is 2. The third-order valence-electron chi connectivity index (χ3n) is 3.16. The third kappa shape index (κ3) is 3.32. The van der Waals surface area contributed by atoms with E-state index in [0.717, 1.165) is 19.0 Å². The smallest absolute Gasteiger partial charge is 0.0532 e. The molecule has 1 aliphatic rings. The second-order valence-electron chi connectivity index (χ2n) is 4.48. The zero-order valence-electron chi connectivity index (χ0n) is 9.37. The molecule has 2 heterocycles. The van der Waals surface area contributed by atoms with Crippen LogP contribution in [-0.2, 0) is 6.54 Å². The second kappa shape index (κ2) is 5.28. The van der Waals surface area contributed by atoms with Crippen LogP contribution in [0, 0.1) is 5.92 Å². The van der Waals surface area contributed by atoms with Gasteiger partial charge >= 0.3 is 0 Å². The molecule has 0 bridgehead atoms. The number of nitrogens with one attached hydrogen (secondary N) is 2. The van der Waals surface area contributed by atoms with Crippen LogP contribution in [0.1, 0.15) is 18.4 Å². The molecule has 0 aliphatic carbocycles. The molecule has 0 amide bonds. The molecular weight excluding hydrogens is 188 g/mol. The number of aromatic amines is 1. The first-order valence-corrected chi connectivity index (χ1v) is 5.71. The van der Waals surface area contributed by atoms with Crippen LogP contribution in [0.5, 0.6) is 0 Å². The predicted molar refractivity (Wildman–Crippen MR) is 60.5 cm³/mol. The summed E-state index contributed by atoms with van der Waals surface area (Å²) in [5, 5.41) is 10.2. The van der Waals surface area contributed by atoms with Gasteiger partial charge in [0.1, 0.15) is 0 Å². The fraction of sp³-hybridized carbons (Fsp3) is 0.727. The Hall–Kier alpha value is -0.870. The van der Waals surface area contributed by atoms with Crippen molar-refractivity contribution in [3.63, 3.8) is 0 Å². The summed E-state index contributed by atoms with van der Waals surface area (Å²) >= 11 is 0. The van der Waals surface area contributed by atoms with Gasteiger partial charge in [0, 0.05) is 18.3 Å².